The number of halogens is 1. The molecule has 0 radical (unpaired) electrons. The Balaban J connectivity index is 2.03. The fourth-order valence-electron chi connectivity index (χ4n) is 3.44. The van der Waals surface area contributed by atoms with Crippen LogP contribution in [0.15, 0.2) is 4.60 Å². The third kappa shape index (κ3) is 2.17. The second-order valence-electron chi connectivity index (χ2n) is 6.18. The smallest absolute Gasteiger partial charge is 0.181 e. The molecule has 0 aromatic carbocycles. The van der Waals surface area contributed by atoms with Gasteiger partial charge in [-0.1, -0.05) is 0 Å². The molecule has 19 heavy (non-hydrogen) atoms. The standard InChI is InChI=1S/C14H20BrN3O/c1-9(2)18-12-10(13(15)17-18)7-14(8-11(12)19)3-5-16-6-4-14/h9,16H,3-8H2,1-2H3. The molecule has 1 saturated heterocycles. The van der Waals surface area contributed by atoms with Crippen molar-refractivity contribution in [3.05, 3.63) is 15.9 Å². The number of fused-ring (bicyclic) bond motifs is 1. The highest BCUT2D eigenvalue weighted by atomic mass is 79.9. The zero-order chi connectivity index (χ0) is 13.6. The molecular formula is C14H20BrN3O. The molecule has 0 saturated carbocycles. The maximum absolute atomic E-state index is 12.6. The van der Waals surface area contributed by atoms with E-state index in [1.54, 1.807) is 0 Å². The first-order chi connectivity index (χ1) is 9.02. The van der Waals surface area contributed by atoms with E-state index in [1.807, 2.05) is 4.68 Å². The van der Waals surface area contributed by atoms with Crippen LogP contribution in [0, 0.1) is 5.41 Å². The first-order valence-corrected chi connectivity index (χ1v) is 7.82. The second kappa shape index (κ2) is 4.70. The maximum Gasteiger partial charge on any atom is 0.181 e. The molecule has 1 spiro atoms. The van der Waals surface area contributed by atoms with E-state index in [0.717, 1.165) is 48.2 Å². The highest BCUT2D eigenvalue weighted by molar-refractivity contribution is 9.10. The predicted octanol–water partition coefficient (Wildman–Crippen LogP) is 2.73. The summed E-state index contributed by atoms with van der Waals surface area (Å²) in [5.41, 5.74) is 2.14. The number of rotatable bonds is 1. The van der Waals surface area contributed by atoms with Crippen molar-refractivity contribution in [2.24, 2.45) is 5.41 Å². The third-order valence-corrected chi connectivity index (χ3v) is 5.10. The molecule has 5 heteroatoms. The highest BCUT2D eigenvalue weighted by Crippen LogP contribution is 2.44. The van der Waals surface area contributed by atoms with Crippen molar-refractivity contribution in [3.8, 4) is 0 Å². The molecule has 1 aliphatic carbocycles. The molecule has 4 nitrogen and oxygen atoms in total. The third-order valence-electron chi connectivity index (χ3n) is 4.46. The number of Topliss-reactive ketones (excluding diaryl/α,β-unsaturated/α-hetero) is 1. The fraction of sp³-hybridized carbons (Fsp3) is 0.714. The van der Waals surface area contributed by atoms with Crippen molar-refractivity contribution in [1.29, 1.82) is 0 Å². The maximum atomic E-state index is 12.6. The van der Waals surface area contributed by atoms with Gasteiger partial charge in [0.05, 0.1) is 0 Å². The summed E-state index contributed by atoms with van der Waals surface area (Å²) in [4.78, 5) is 12.6. The number of ketones is 1. The van der Waals surface area contributed by atoms with Gasteiger partial charge in [-0.3, -0.25) is 9.48 Å². The van der Waals surface area contributed by atoms with Gasteiger partial charge in [-0.25, -0.2) is 0 Å². The molecular weight excluding hydrogens is 306 g/mol. The number of piperidine rings is 1. The lowest BCUT2D eigenvalue weighted by Crippen LogP contribution is -2.42. The van der Waals surface area contributed by atoms with Gasteiger partial charge < -0.3 is 5.32 Å². The zero-order valence-electron chi connectivity index (χ0n) is 11.5. The summed E-state index contributed by atoms with van der Waals surface area (Å²) in [5.74, 6) is 0.273. The zero-order valence-corrected chi connectivity index (χ0v) is 13.1. The van der Waals surface area contributed by atoms with E-state index in [9.17, 15) is 4.79 Å². The Morgan fingerprint density at radius 3 is 2.63 bits per heavy atom. The number of hydrogen-bond donors (Lipinski definition) is 1. The van der Waals surface area contributed by atoms with Crippen molar-refractivity contribution in [2.75, 3.05) is 13.1 Å². The Kier molecular flexibility index (Phi) is 3.29. The van der Waals surface area contributed by atoms with Crippen molar-refractivity contribution in [3.63, 3.8) is 0 Å². The summed E-state index contributed by atoms with van der Waals surface area (Å²) >= 11 is 3.55. The van der Waals surface area contributed by atoms with Crippen LogP contribution in [0.2, 0.25) is 0 Å². The van der Waals surface area contributed by atoms with E-state index < -0.39 is 0 Å². The van der Waals surface area contributed by atoms with E-state index in [0.29, 0.717) is 6.42 Å². The molecule has 0 unspecified atom stereocenters. The van der Waals surface area contributed by atoms with E-state index in [1.165, 1.54) is 0 Å². The molecule has 1 aliphatic heterocycles. The summed E-state index contributed by atoms with van der Waals surface area (Å²) in [6.45, 7) is 6.20. The van der Waals surface area contributed by atoms with Gasteiger partial charge in [0.15, 0.2) is 5.78 Å². The monoisotopic (exact) mass is 325 g/mol. The van der Waals surface area contributed by atoms with Crippen LogP contribution in [0.5, 0.6) is 0 Å². The first kappa shape index (κ1) is 13.3. The van der Waals surface area contributed by atoms with Gasteiger partial charge in [0.2, 0.25) is 0 Å². The summed E-state index contributed by atoms with van der Waals surface area (Å²) < 4.78 is 2.75. The van der Waals surface area contributed by atoms with Gasteiger partial charge in [-0.05, 0) is 67.5 Å². The molecule has 1 N–H and O–H groups in total. The molecule has 2 aliphatic rings. The Morgan fingerprint density at radius 1 is 1.32 bits per heavy atom. The SMILES string of the molecule is CC(C)n1nc(Br)c2c1C(=O)CC1(CCNCC1)C2. The van der Waals surface area contributed by atoms with Gasteiger partial charge in [0, 0.05) is 18.0 Å². The van der Waals surface area contributed by atoms with Gasteiger partial charge in [-0.2, -0.15) is 5.10 Å². The quantitative estimate of drug-likeness (QED) is 0.863. The summed E-state index contributed by atoms with van der Waals surface area (Å²) in [5, 5.41) is 7.91. The summed E-state index contributed by atoms with van der Waals surface area (Å²) in [7, 11) is 0. The van der Waals surface area contributed by atoms with E-state index in [-0.39, 0.29) is 17.2 Å². The molecule has 0 amide bonds. The van der Waals surface area contributed by atoms with Crippen LogP contribution >= 0.6 is 15.9 Å². The van der Waals surface area contributed by atoms with Crippen LogP contribution in [0.3, 0.4) is 0 Å². The lowest BCUT2D eigenvalue weighted by molar-refractivity contribution is 0.0821. The first-order valence-electron chi connectivity index (χ1n) is 7.03. The second-order valence-corrected chi connectivity index (χ2v) is 6.93. The van der Waals surface area contributed by atoms with Crippen LogP contribution in [0.1, 0.15) is 55.2 Å². The number of nitrogens with one attached hydrogen (secondary N) is 1. The number of nitrogens with zero attached hydrogens (tertiary/aromatic N) is 2. The van der Waals surface area contributed by atoms with E-state index in [2.05, 4.69) is 40.2 Å². The summed E-state index contributed by atoms with van der Waals surface area (Å²) in [6, 6.07) is 0.228. The minimum absolute atomic E-state index is 0.169. The molecule has 1 aromatic rings. The van der Waals surface area contributed by atoms with Gasteiger partial charge >= 0.3 is 0 Å². The van der Waals surface area contributed by atoms with E-state index in [4.69, 9.17) is 0 Å². The molecule has 2 heterocycles. The van der Waals surface area contributed by atoms with Crippen LogP contribution in [-0.4, -0.2) is 28.7 Å². The lowest BCUT2D eigenvalue weighted by atomic mass is 9.67. The Labute approximate surface area is 122 Å². The average molecular weight is 326 g/mol. The van der Waals surface area contributed by atoms with Crippen molar-refractivity contribution < 1.29 is 4.79 Å². The van der Waals surface area contributed by atoms with Gasteiger partial charge in [0.1, 0.15) is 10.3 Å². The fourth-order valence-corrected chi connectivity index (χ4v) is 3.94. The Bertz CT molecular complexity index is 515. The Morgan fingerprint density at radius 2 is 2.00 bits per heavy atom. The lowest BCUT2D eigenvalue weighted by Gasteiger charge is -2.40. The van der Waals surface area contributed by atoms with Gasteiger partial charge in [0.25, 0.3) is 0 Å². The molecule has 104 valence electrons. The number of hydrogen-bond acceptors (Lipinski definition) is 3. The molecule has 3 rings (SSSR count). The minimum Gasteiger partial charge on any atom is -0.317 e. The average Bonchev–Trinajstić information content (AvgIpc) is 2.68. The largest absolute Gasteiger partial charge is 0.317 e. The van der Waals surface area contributed by atoms with Crippen LogP contribution in [-0.2, 0) is 6.42 Å². The summed E-state index contributed by atoms with van der Waals surface area (Å²) in [6.07, 6.45) is 3.87. The van der Waals surface area contributed by atoms with Crippen LogP contribution < -0.4 is 5.32 Å². The van der Waals surface area contributed by atoms with Crippen molar-refractivity contribution in [1.82, 2.24) is 15.1 Å². The van der Waals surface area contributed by atoms with Crippen LogP contribution in [0.4, 0.5) is 0 Å². The predicted molar refractivity (Wildman–Crippen MR) is 77.5 cm³/mol. The topological polar surface area (TPSA) is 46.9 Å². The molecule has 0 atom stereocenters. The number of carbonyl (C=O) groups excluding carboxylic acids is 1. The molecule has 1 aromatic heterocycles. The molecule has 0 bridgehead atoms. The normalized spacial score (nSPS) is 22.0. The van der Waals surface area contributed by atoms with Crippen LogP contribution in [0.25, 0.3) is 0 Å². The van der Waals surface area contributed by atoms with E-state index >= 15 is 0 Å². The number of carbonyl (C=O) groups is 1. The minimum atomic E-state index is 0.169. The highest BCUT2D eigenvalue weighted by Gasteiger charge is 2.42. The van der Waals surface area contributed by atoms with Crippen molar-refractivity contribution >= 4 is 21.7 Å². The number of aromatic nitrogens is 2. The molecule has 1 fully saturated rings. The Hall–Kier alpha value is -0.680. The van der Waals surface area contributed by atoms with Gasteiger partial charge in [-0.15, -0.1) is 0 Å². The van der Waals surface area contributed by atoms with Crippen molar-refractivity contribution in [2.45, 2.75) is 45.6 Å².